The van der Waals surface area contributed by atoms with Crippen molar-refractivity contribution in [3.05, 3.63) is 59.4 Å². The van der Waals surface area contributed by atoms with Crippen LogP contribution in [0.15, 0.2) is 48.5 Å². The van der Waals surface area contributed by atoms with Crippen LogP contribution < -0.4 is 10.1 Å². The van der Waals surface area contributed by atoms with Crippen LogP contribution in [0, 0.1) is 5.82 Å². The number of halogens is 2. The van der Waals surface area contributed by atoms with Crippen molar-refractivity contribution in [2.75, 3.05) is 18.5 Å². The molecule has 0 aliphatic rings. The maximum atomic E-state index is 13.2. The van der Waals surface area contributed by atoms with E-state index in [1.807, 2.05) is 24.3 Å². The smallest absolute Gasteiger partial charge is 0.165 e. The summed E-state index contributed by atoms with van der Waals surface area (Å²) in [6, 6.07) is 13.8. The maximum Gasteiger partial charge on any atom is 0.165 e. The lowest BCUT2D eigenvalue weighted by atomic mass is 10.3. The molecule has 0 bridgehead atoms. The van der Waals surface area contributed by atoms with Crippen LogP contribution in [0.3, 0.4) is 0 Å². The zero-order valence-electron chi connectivity index (χ0n) is 9.70. The Hall–Kier alpha value is -1.74. The molecule has 2 aromatic carbocycles. The summed E-state index contributed by atoms with van der Waals surface area (Å²) in [6.07, 6.45) is 0. The number of rotatable bonds is 5. The summed E-state index contributed by atoms with van der Waals surface area (Å²) in [5.74, 6) is -0.0781. The van der Waals surface area contributed by atoms with Gasteiger partial charge in [-0.1, -0.05) is 29.8 Å². The Labute approximate surface area is 110 Å². The highest BCUT2D eigenvalue weighted by Crippen LogP contribution is 2.16. The van der Waals surface area contributed by atoms with E-state index >= 15 is 0 Å². The van der Waals surface area contributed by atoms with Crippen LogP contribution in [0.25, 0.3) is 0 Å². The lowest BCUT2D eigenvalue weighted by Gasteiger charge is -2.09. The number of ether oxygens (including phenoxy) is 1. The van der Waals surface area contributed by atoms with E-state index < -0.39 is 0 Å². The zero-order valence-corrected chi connectivity index (χ0v) is 10.5. The predicted octanol–water partition coefficient (Wildman–Crippen LogP) is 3.97. The van der Waals surface area contributed by atoms with Crippen LogP contribution in [-0.4, -0.2) is 13.2 Å². The Morgan fingerprint density at radius 1 is 1.11 bits per heavy atom. The highest BCUT2D eigenvalue weighted by atomic mass is 35.5. The van der Waals surface area contributed by atoms with Gasteiger partial charge in [-0.05, 0) is 30.3 Å². The highest BCUT2D eigenvalue weighted by Gasteiger charge is 2.00. The SMILES string of the molecule is Fc1ccccc1OCCNc1cccc(Cl)c1. The number of hydrogen-bond acceptors (Lipinski definition) is 2. The van der Waals surface area contributed by atoms with Crippen molar-refractivity contribution in [3.8, 4) is 5.75 Å². The average molecular weight is 266 g/mol. The van der Waals surface area contributed by atoms with Crippen molar-refractivity contribution >= 4 is 17.3 Å². The second kappa shape index (κ2) is 6.26. The molecule has 4 heteroatoms. The summed E-state index contributed by atoms with van der Waals surface area (Å²) in [5, 5.41) is 3.82. The summed E-state index contributed by atoms with van der Waals surface area (Å²) in [6.45, 7) is 0.960. The van der Waals surface area contributed by atoms with Gasteiger partial charge in [0, 0.05) is 17.3 Å². The number of nitrogens with one attached hydrogen (secondary N) is 1. The van der Waals surface area contributed by atoms with Gasteiger partial charge in [-0.2, -0.15) is 0 Å². The van der Waals surface area contributed by atoms with Gasteiger partial charge in [0.1, 0.15) is 6.61 Å². The first-order chi connectivity index (χ1) is 8.75. The lowest BCUT2D eigenvalue weighted by Crippen LogP contribution is -2.11. The molecule has 0 unspecified atom stereocenters. The van der Waals surface area contributed by atoms with Gasteiger partial charge in [0.15, 0.2) is 11.6 Å². The molecule has 2 aromatic rings. The fraction of sp³-hybridized carbons (Fsp3) is 0.143. The van der Waals surface area contributed by atoms with Crippen molar-refractivity contribution in [2.45, 2.75) is 0 Å². The highest BCUT2D eigenvalue weighted by molar-refractivity contribution is 6.30. The van der Waals surface area contributed by atoms with Crippen molar-refractivity contribution in [3.63, 3.8) is 0 Å². The van der Waals surface area contributed by atoms with E-state index in [2.05, 4.69) is 5.32 Å². The van der Waals surface area contributed by atoms with Crippen LogP contribution >= 0.6 is 11.6 Å². The Balaban J connectivity index is 1.78. The first-order valence-corrected chi connectivity index (χ1v) is 6.00. The summed E-state index contributed by atoms with van der Waals surface area (Å²) in [4.78, 5) is 0. The first kappa shape index (κ1) is 12.7. The molecule has 0 fully saturated rings. The molecule has 0 amide bonds. The van der Waals surface area contributed by atoms with E-state index in [1.54, 1.807) is 18.2 Å². The largest absolute Gasteiger partial charge is 0.489 e. The summed E-state index contributed by atoms with van der Waals surface area (Å²) in [7, 11) is 0. The standard InChI is InChI=1S/C14H13ClFNO/c15-11-4-3-5-12(10-11)17-8-9-18-14-7-2-1-6-13(14)16/h1-7,10,17H,8-9H2. The molecule has 0 heterocycles. The molecule has 94 valence electrons. The molecule has 0 aliphatic carbocycles. The van der Waals surface area contributed by atoms with Gasteiger partial charge >= 0.3 is 0 Å². The molecule has 0 radical (unpaired) electrons. The van der Waals surface area contributed by atoms with Gasteiger partial charge in [0.25, 0.3) is 0 Å². The summed E-state index contributed by atoms with van der Waals surface area (Å²) in [5.41, 5.74) is 0.916. The molecule has 0 saturated carbocycles. The molecule has 18 heavy (non-hydrogen) atoms. The molecule has 2 rings (SSSR count). The molecule has 0 saturated heterocycles. The number of hydrogen-bond donors (Lipinski definition) is 1. The lowest BCUT2D eigenvalue weighted by molar-refractivity contribution is 0.315. The van der Waals surface area contributed by atoms with Gasteiger partial charge in [0.2, 0.25) is 0 Å². The Bertz CT molecular complexity index is 519. The van der Waals surface area contributed by atoms with E-state index in [-0.39, 0.29) is 11.6 Å². The molecule has 1 N–H and O–H groups in total. The second-order valence-electron chi connectivity index (χ2n) is 3.72. The van der Waals surface area contributed by atoms with Gasteiger partial charge in [0.05, 0.1) is 0 Å². The number of para-hydroxylation sites is 1. The van der Waals surface area contributed by atoms with Crippen molar-refractivity contribution in [1.29, 1.82) is 0 Å². The molecular formula is C14H13ClFNO. The fourth-order valence-corrected chi connectivity index (χ4v) is 1.71. The topological polar surface area (TPSA) is 21.3 Å². The van der Waals surface area contributed by atoms with E-state index in [0.717, 1.165) is 5.69 Å². The van der Waals surface area contributed by atoms with Crippen molar-refractivity contribution in [2.24, 2.45) is 0 Å². The number of benzene rings is 2. The molecule has 0 aliphatic heterocycles. The van der Waals surface area contributed by atoms with E-state index in [0.29, 0.717) is 18.2 Å². The normalized spacial score (nSPS) is 10.1. The van der Waals surface area contributed by atoms with E-state index in [4.69, 9.17) is 16.3 Å². The van der Waals surface area contributed by atoms with Gasteiger partial charge in [-0.3, -0.25) is 0 Å². The van der Waals surface area contributed by atoms with E-state index in [1.165, 1.54) is 6.07 Å². The first-order valence-electron chi connectivity index (χ1n) is 5.62. The third kappa shape index (κ3) is 3.64. The van der Waals surface area contributed by atoms with Crippen LogP contribution in [0.1, 0.15) is 0 Å². The minimum atomic E-state index is -0.347. The van der Waals surface area contributed by atoms with Crippen LogP contribution in [0.2, 0.25) is 5.02 Å². The van der Waals surface area contributed by atoms with Gasteiger partial charge in [-0.15, -0.1) is 0 Å². The van der Waals surface area contributed by atoms with E-state index in [9.17, 15) is 4.39 Å². The average Bonchev–Trinajstić information content (AvgIpc) is 2.37. The summed E-state index contributed by atoms with van der Waals surface area (Å²) < 4.78 is 18.5. The van der Waals surface area contributed by atoms with Gasteiger partial charge in [-0.25, -0.2) is 4.39 Å². The zero-order chi connectivity index (χ0) is 12.8. The van der Waals surface area contributed by atoms with Crippen molar-refractivity contribution < 1.29 is 9.13 Å². The number of anilines is 1. The minimum Gasteiger partial charge on any atom is -0.489 e. The van der Waals surface area contributed by atoms with Crippen LogP contribution in [0.5, 0.6) is 5.75 Å². The molecule has 0 aromatic heterocycles. The molecular weight excluding hydrogens is 253 g/mol. The predicted molar refractivity (Wildman–Crippen MR) is 71.8 cm³/mol. The Morgan fingerprint density at radius 3 is 2.72 bits per heavy atom. The minimum absolute atomic E-state index is 0.269. The third-order valence-electron chi connectivity index (χ3n) is 2.35. The van der Waals surface area contributed by atoms with Gasteiger partial charge < -0.3 is 10.1 Å². The maximum absolute atomic E-state index is 13.2. The van der Waals surface area contributed by atoms with Crippen LogP contribution in [-0.2, 0) is 0 Å². The van der Waals surface area contributed by atoms with Crippen molar-refractivity contribution in [1.82, 2.24) is 0 Å². The molecule has 0 atom stereocenters. The third-order valence-corrected chi connectivity index (χ3v) is 2.59. The van der Waals surface area contributed by atoms with Crippen LogP contribution in [0.4, 0.5) is 10.1 Å². The molecule has 2 nitrogen and oxygen atoms in total. The Morgan fingerprint density at radius 2 is 1.94 bits per heavy atom. The summed E-state index contributed by atoms with van der Waals surface area (Å²) >= 11 is 5.85. The monoisotopic (exact) mass is 265 g/mol. The molecule has 0 spiro atoms. The fourth-order valence-electron chi connectivity index (χ4n) is 1.52. The quantitative estimate of drug-likeness (QED) is 0.826. The second-order valence-corrected chi connectivity index (χ2v) is 4.15. The Kier molecular flexibility index (Phi) is 4.42.